The SMILES string of the molecule is Nc1nn(-c2cc(F)ccc2Cl)c2c1CCC2. The van der Waals surface area contributed by atoms with Gasteiger partial charge in [-0.05, 0) is 31.4 Å². The maximum Gasteiger partial charge on any atom is 0.149 e. The second kappa shape index (κ2) is 3.74. The van der Waals surface area contributed by atoms with E-state index in [9.17, 15) is 4.39 Å². The molecule has 5 heteroatoms. The average Bonchev–Trinajstić information content (AvgIpc) is 2.87. The van der Waals surface area contributed by atoms with Gasteiger partial charge in [0.1, 0.15) is 11.6 Å². The Balaban J connectivity index is 2.22. The summed E-state index contributed by atoms with van der Waals surface area (Å²) in [5.74, 6) is 0.197. The predicted octanol–water partition coefficient (Wildman–Crippen LogP) is 2.74. The molecule has 2 N–H and O–H groups in total. The molecule has 0 unspecified atom stereocenters. The van der Waals surface area contributed by atoms with Gasteiger partial charge in [0.2, 0.25) is 0 Å². The van der Waals surface area contributed by atoms with Crippen LogP contribution in [0.4, 0.5) is 10.2 Å². The van der Waals surface area contributed by atoms with Crippen molar-refractivity contribution in [2.75, 3.05) is 5.73 Å². The largest absolute Gasteiger partial charge is 0.382 e. The molecule has 0 spiro atoms. The van der Waals surface area contributed by atoms with E-state index in [1.54, 1.807) is 4.68 Å². The van der Waals surface area contributed by atoms with Gasteiger partial charge in [-0.25, -0.2) is 9.07 Å². The molecule has 3 rings (SSSR count). The number of nitrogens with two attached hydrogens (primary N) is 1. The van der Waals surface area contributed by atoms with Crippen molar-refractivity contribution >= 4 is 17.4 Å². The molecule has 0 amide bonds. The fourth-order valence-corrected chi connectivity index (χ4v) is 2.51. The van der Waals surface area contributed by atoms with Gasteiger partial charge in [0.25, 0.3) is 0 Å². The Kier molecular flexibility index (Phi) is 2.33. The molecule has 0 saturated carbocycles. The lowest BCUT2D eigenvalue weighted by Gasteiger charge is -2.07. The van der Waals surface area contributed by atoms with Crippen molar-refractivity contribution in [3.63, 3.8) is 0 Å². The van der Waals surface area contributed by atoms with Gasteiger partial charge in [-0.1, -0.05) is 11.6 Å². The summed E-state index contributed by atoms with van der Waals surface area (Å²) < 4.78 is 14.9. The van der Waals surface area contributed by atoms with E-state index in [1.165, 1.54) is 18.2 Å². The molecule has 1 aliphatic carbocycles. The monoisotopic (exact) mass is 251 g/mol. The highest BCUT2D eigenvalue weighted by molar-refractivity contribution is 6.32. The number of aromatic nitrogens is 2. The van der Waals surface area contributed by atoms with E-state index in [2.05, 4.69) is 5.10 Å². The minimum Gasteiger partial charge on any atom is -0.382 e. The van der Waals surface area contributed by atoms with Crippen molar-refractivity contribution in [2.45, 2.75) is 19.3 Å². The van der Waals surface area contributed by atoms with Gasteiger partial charge in [-0.2, -0.15) is 5.10 Å². The summed E-state index contributed by atoms with van der Waals surface area (Å²) in [6.45, 7) is 0. The molecular formula is C12H11ClFN3. The minimum atomic E-state index is -0.329. The van der Waals surface area contributed by atoms with Crippen molar-refractivity contribution in [1.29, 1.82) is 0 Å². The molecule has 0 saturated heterocycles. The van der Waals surface area contributed by atoms with Crippen LogP contribution < -0.4 is 5.73 Å². The van der Waals surface area contributed by atoms with Crippen LogP contribution in [0.1, 0.15) is 17.7 Å². The van der Waals surface area contributed by atoms with Crippen molar-refractivity contribution in [3.05, 3.63) is 40.3 Å². The summed E-state index contributed by atoms with van der Waals surface area (Å²) in [6, 6.07) is 4.25. The van der Waals surface area contributed by atoms with Gasteiger partial charge in [0, 0.05) is 17.3 Å². The lowest BCUT2D eigenvalue weighted by atomic mass is 10.2. The van der Waals surface area contributed by atoms with Gasteiger partial charge >= 0.3 is 0 Å². The topological polar surface area (TPSA) is 43.8 Å². The second-order valence-electron chi connectivity index (χ2n) is 4.17. The lowest BCUT2D eigenvalue weighted by molar-refractivity contribution is 0.624. The highest BCUT2D eigenvalue weighted by Gasteiger charge is 2.22. The highest BCUT2D eigenvalue weighted by Crippen LogP contribution is 2.31. The third-order valence-electron chi connectivity index (χ3n) is 3.10. The van der Waals surface area contributed by atoms with Crippen LogP contribution in [0.5, 0.6) is 0 Å². The Labute approximate surface area is 103 Å². The van der Waals surface area contributed by atoms with Crippen molar-refractivity contribution < 1.29 is 4.39 Å². The third-order valence-corrected chi connectivity index (χ3v) is 3.42. The van der Waals surface area contributed by atoms with Gasteiger partial charge in [-0.3, -0.25) is 0 Å². The van der Waals surface area contributed by atoms with Gasteiger partial charge in [0.15, 0.2) is 0 Å². The zero-order valence-corrected chi connectivity index (χ0v) is 9.84. The number of nitrogens with zero attached hydrogens (tertiary/aromatic N) is 2. The average molecular weight is 252 g/mol. The summed E-state index contributed by atoms with van der Waals surface area (Å²) in [5, 5.41) is 4.72. The standard InChI is InChI=1S/C12H11ClFN3/c13-9-5-4-7(14)6-11(9)17-10-3-1-2-8(10)12(15)16-17/h4-6H,1-3H2,(H2,15,16). The van der Waals surface area contributed by atoms with E-state index in [-0.39, 0.29) is 5.82 Å². The first-order chi connectivity index (χ1) is 8.16. The Bertz CT molecular complexity index is 592. The number of benzene rings is 1. The lowest BCUT2D eigenvalue weighted by Crippen LogP contribution is -2.03. The first-order valence-electron chi connectivity index (χ1n) is 5.48. The van der Waals surface area contributed by atoms with Crippen LogP contribution >= 0.6 is 11.6 Å². The van der Waals surface area contributed by atoms with E-state index in [1.807, 2.05) is 0 Å². The smallest absolute Gasteiger partial charge is 0.149 e. The predicted molar refractivity (Wildman–Crippen MR) is 65.0 cm³/mol. The molecule has 17 heavy (non-hydrogen) atoms. The van der Waals surface area contributed by atoms with Gasteiger partial charge < -0.3 is 5.73 Å². The van der Waals surface area contributed by atoms with E-state index >= 15 is 0 Å². The number of anilines is 1. The maximum absolute atomic E-state index is 13.3. The molecule has 3 nitrogen and oxygen atoms in total. The Hall–Kier alpha value is -1.55. The summed E-state index contributed by atoms with van der Waals surface area (Å²) in [6.07, 6.45) is 2.91. The van der Waals surface area contributed by atoms with Crippen LogP contribution in [0.3, 0.4) is 0 Å². The Morgan fingerprint density at radius 1 is 1.35 bits per heavy atom. The normalized spacial score (nSPS) is 14.0. The summed E-state index contributed by atoms with van der Waals surface area (Å²) in [5.41, 5.74) is 8.53. The molecule has 0 fully saturated rings. The zero-order chi connectivity index (χ0) is 12.0. The second-order valence-corrected chi connectivity index (χ2v) is 4.58. The zero-order valence-electron chi connectivity index (χ0n) is 9.08. The van der Waals surface area contributed by atoms with Crippen LogP contribution in [0.15, 0.2) is 18.2 Å². The molecule has 1 heterocycles. The van der Waals surface area contributed by atoms with Crippen LogP contribution in [0.25, 0.3) is 5.69 Å². The molecule has 0 aliphatic heterocycles. The molecule has 0 bridgehead atoms. The number of nitrogen functional groups attached to an aromatic ring is 1. The quantitative estimate of drug-likeness (QED) is 0.847. The molecule has 0 atom stereocenters. The Morgan fingerprint density at radius 3 is 3.00 bits per heavy atom. The maximum atomic E-state index is 13.3. The molecule has 1 aromatic heterocycles. The summed E-state index contributed by atoms with van der Waals surface area (Å²) in [4.78, 5) is 0. The van der Waals surface area contributed by atoms with Crippen LogP contribution in [-0.4, -0.2) is 9.78 Å². The molecule has 88 valence electrons. The van der Waals surface area contributed by atoms with Crippen LogP contribution in [0, 0.1) is 5.82 Å². The third kappa shape index (κ3) is 1.60. The number of fused-ring (bicyclic) bond motifs is 1. The number of halogens is 2. The molecular weight excluding hydrogens is 241 g/mol. The van der Waals surface area contributed by atoms with E-state index < -0.39 is 0 Å². The highest BCUT2D eigenvalue weighted by atomic mass is 35.5. The van der Waals surface area contributed by atoms with Crippen LogP contribution in [-0.2, 0) is 12.8 Å². The van der Waals surface area contributed by atoms with Crippen molar-refractivity contribution in [3.8, 4) is 5.69 Å². The summed E-state index contributed by atoms with van der Waals surface area (Å²) in [7, 11) is 0. The van der Waals surface area contributed by atoms with Crippen molar-refractivity contribution in [2.24, 2.45) is 0 Å². The Morgan fingerprint density at radius 2 is 2.18 bits per heavy atom. The fraction of sp³-hybridized carbons (Fsp3) is 0.250. The number of hydrogen-bond acceptors (Lipinski definition) is 2. The fourth-order valence-electron chi connectivity index (χ4n) is 2.31. The molecule has 1 aliphatic rings. The van der Waals surface area contributed by atoms with Crippen molar-refractivity contribution in [1.82, 2.24) is 9.78 Å². The molecule has 2 aromatic rings. The van der Waals surface area contributed by atoms with E-state index in [4.69, 9.17) is 17.3 Å². The molecule has 1 aromatic carbocycles. The van der Waals surface area contributed by atoms with E-state index in [0.717, 1.165) is 30.5 Å². The summed E-state index contributed by atoms with van der Waals surface area (Å²) >= 11 is 6.07. The number of hydrogen-bond donors (Lipinski definition) is 1. The van der Waals surface area contributed by atoms with Gasteiger partial charge in [-0.15, -0.1) is 0 Å². The van der Waals surface area contributed by atoms with Crippen LogP contribution in [0.2, 0.25) is 5.02 Å². The first kappa shape index (κ1) is 10.6. The van der Waals surface area contributed by atoms with E-state index in [0.29, 0.717) is 16.5 Å². The first-order valence-corrected chi connectivity index (χ1v) is 5.86. The van der Waals surface area contributed by atoms with Gasteiger partial charge in [0.05, 0.1) is 10.7 Å². The minimum absolute atomic E-state index is 0.329. The molecule has 0 radical (unpaired) electrons. The number of rotatable bonds is 1.